The summed E-state index contributed by atoms with van der Waals surface area (Å²) < 4.78 is 15.8. The highest BCUT2D eigenvalue weighted by molar-refractivity contribution is 5.93. The normalized spacial score (nSPS) is 23.1. The van der Waals surface area contributed by atoms with E-state index in [0.29, 0.717) is 43.7 Å². The lowest BCUT2D eigenvalue weighted by Crippen LogP contribution is -2.38. The fourth-order valence-corrected chi connectivity index (χ4v) is 4.81. The molecule has 0 radical (unpaired) electrons. The van der Waals surface area contributed by atoms with Gasteiger partial charge in [0, 0.05) is 44.8 Å². The van der Waals surface area contributed by atoms with Gasteiger partial charge in [0.1, 0.15) is 17.3 Å². The van der Waals surface area contributed by atoms with Crippen LogP contribution in [0.4, 0.5) is 14.9 Å². The highest BCUT2D eigenvalue weighted by Crippen LogP contribution is 2.38. The van der Waals surface area contributed by atoms with Gasteiger partial charge in [-0.2, -0.15) is 0 Å². The minimum Gasteiger partial charge on any atom is -0.334 e. The second kappa shape index (κ2) is 7.17. The fourth-order valence-electron chi connectivity index (χ4n) is 4.81. The first-order chi connectivity index (χ1) is 14.1. The quantitative estimate of drug-likeness (QED) is 0.847. The third-order valence-corrected chi connectivity index (χ3v) is 6.37. The lowest BCUT2D eigenvalue weighted by atomic mass is 10.1. The number of aromatic nitrogens is 2. The number of anilines is 1. The summed E-state index contributed by atoms with van der Waals surface area (Å²) in [6.07, 6.45) is 5.85. The molecule has 3 aliphatic rings. The molecule has 5 rings (SSSR count). The van der Waals surface area contributed by atoms with E-state index in [1.807, 2.05) is 15.7 Å². The number of imidazole rings is 1. The van der Waals surface area contributed by atoms with Crippen LogP contribution in [0.2, 0.25) is 0 Å². The summed E-state index contributed by atoms with van der Waals surface area (Å²) in [6.45, 7) is 2.37. The SMILES string of the molecule is O=C(Nc1ccccc1F)N1CCc2nc(C(=O)N3C[C@H]4CC[C@H]3C4)cn2CC1. The van der Waals surface area contributed by atoms with Crippen molar-refractivity contribution in [2.24, 2.45) is 5.92 Å². The van der Waals surface area contributed by atoms with Crippen LogP contribution in [0.15, 0.2) is 30.5 Å². The third-order valence-electron chi connectivity index (χ3n) is 6.37. The molecule has 2 bridgehead atoms. The number of hydrogen-bond donors (Lipinski definition) is 1. The average molecular weight is 397 g/mol. The fraction of sp³-hybridized carbons (Fsp3) is 0.476. The molecule has 2 atom stereocenters. The van der Waals surface area contributed by atoms with Gasteiger partial charge in [0.25, 0.3) is 5.91 Å². The smallest absolute Gasteiger partial charge is 0.321 e. The lowest BCUT2D eigenvalue weighted by molar-refractivity contribution is 0.0697. The predicted molar refractivity (Wildman–Crippen MR) is 105 cm³/mol. The maximum Gasteiger partial charge on any atom is 0.321 e. The number of rotatable bonds is 2. The van der Waals surface area contributed by atoms with E-state index < -0.39 is 5.82 Å². The van der Waals surface area contributed by atoms with Crippen LogP contribution in [0.5, 0.6) is 0 Å². The molecule has 2 fully saturated rings. The van der Waals surface area contributed by atoms with E-state index in [9.17, 15) is 14.0 Å². The highest BCUT2D eigenvalue weighted by atomic mass is 19.1. The molecule has 29 heavy (non-hydrogen) atoms. The van der Waals surface area contributed by atoms with E-state index in [-0.39, 0.29) is 17.6 Å². The molecule has 2 aliphatic heterocycles. The van der Waals surface area contributed by atoms with Crippen LogP contribution in [0, 0.1) is 11.7 Å². The van der Waals surface area contributed by atoms with Crippen molar-refractivity contribution < 1.29 is 14.0 Å². The van der Waals surface area contributed by atoms with Gasteiger partial charge >= 0.3 is 6.03 Å². The first kappa shape index (κ1) is 18.1. The van der Waals surface area contributed by atoms with Crippen molar-refractivity contribution in [1.29, 1.82) is 0 Å². The van der Waals surface area contributed by atoms with Crippen molar-refractivity contribution in [1.82, 2.24) is 19.4 Å². The number of benzene rings is 1. The standard InChI is InChI=1S/C21H24FN5O2/c22-16-3-1-2-4-17(16)24-21(29)25-8-7-19-23-18(13-26(19)10-9-25)20(28)27-12-14-5-6-15(27)11-14/h1-4,13-15H,5-12H2,(H,24,29)/t14-,15-/m0/s1. The zero-order valence-corrected chi connectivity index (χ0v) is 16.2. The van der Waals surface area contributed by atoms with E-state index in [1.165, 1.54) is 12.5 Å². The van der Waals surface area contributed by atoms with E-state index in [2.05, 4.69) is 10.3 Å². The number of nitrogens with one attached hydrogen (secondary N) is 1. The molecule has 3 amide bonds. The summed E-state index contributed by atoms with van der Waals surface area (Å²) in [6, 6.07) is 6.18. The molecule has 0 unspecified atom stereocenters. The van der Waals surface area contributed by atoms with Crippen LogP contribution >= 0.6 is 0 Å². The van der Waals surface area contributed by atoms with Gasteiger partial charge in [-0.05, 0) is 37.3 Å². The maximum absolute atomic E-state index is 13.8. The molecule has 1 aromatic heterocycles. The molecule has 0 spiro atoms. The number of nitrogens with zero attached hydrogens (tertiary/aromatic N) is 4. The predicted octanol–water partition coefficient (Wildman–Crippen LogP) is 2.74. The van der Waals surface area contributed by atoms with Gasteiger partial charge < -0.3 is 19.7 Å². The number of piperidine rings is 1. The molecule has 8 heteroatoms. The molecule has 1 saturated carbocycles. The van der Waals surface area contributed by atoms with Gasteiger partial charge in [0.2, 0.25) is 0 Å². The van der Waals surface area contributed by atoms with Crippen molar-refractivity contribution >= 4 is 17.6 Å². The van der Waals surface area contributed by atoms with Crippen molar-refractivity contribution in [3.8, 4) is 0 Å². The minimum absolute atomic E-state index is 0.0342. The van der Waals surface area contributed by atoms with Gasteiger partial charge in [-0.25, -0.2) is 14.2 Å². The zero-order valence-electron chi connectivity index (χ0n) is 16.2. The van der Waals surface area contributed by atoms with Gasteiger partial charge in [-0.3, -0.25) is 4.79 Å². The number of para-hydroxylation sites is 1. The summed E-state index contributed by atoms with van der Waals surface area (Å²) in [5.41, 5.74) is 0.684. The van der Waals surface area contributed by atoms with Gasteiger partial charge in [0.05, 0.1) is 5.69 Å². The maximum atomic E-state index is 13.8. The van der Waals surface area contributed by atoms with Crippen molar-refractivity contribution in [2.45, 2.75) is 38.3 Å². The second-order valence-corrected chi connectivity index (χ2v) is 8.17. The average Bonchev–Trinajstić information content (AvgIpc) is 3.42. The molecular weight excluding hydrogens is 373 g/mol. The van der Waals surface area contributed by atoms with Gasteiger partial charge in [-0.1, -0.05) is 12.1 Å². The van der Waals surface area contributed by atoms with Crippen molar-refractivity contribution in [3.05, 3.63) is 47.8 Å². The Morgan fingerprint density at radius 3 is 2.76 bits per heavy atom. The van der Waals surface area contributed by atoms with E-state index in [0.717, 1.165) is 25.2 Å². The van der Waals surface area contributed by atoms with Crippen molar-refractivity contribution in [3.63, 3.8) is 0 Å². The molecule has 1 saturated heterocycles. The second-order valence-electron chi connectivity index (χ2n) is 8.17. The first-order valence-electron chi connectivity index (χ1n) is 10.3. The molecule has 1 aliphatic carbocycles. The summed E-state index contributed by atoms with van der Waals surface area (Å²) in [5.74, 6) is 1.05. The molecule has 1 aromatic carbocycles. The Labute approximate surface area is 168 Å². The monoisotopic (exact) mass is 397 g/mol. The van der Waals surface area contributed by atoms with Gasteiger partial charge in [-0.15, -0.1) is 0 Å². The van der Waals surface area contributed by atoms with Crippen LogP contribution < -0.4 is 5.32 Å². The highest BCUT2D eigenvalue weighted by Gasteiger charge is 2.41. The zero-order chi connectivity index (χ0) is 20.0. The molecular formula is C21H24FN5O2. The summed E-state index contributed by atoms with van der Waals surface area (Å²) in [7, 11) is 0. The van der Waals surface area contributed by atoms with Crippen LogP contribution in [0.3, 0.4) is 0 Å². The van der Waals surface area contributed by atoms with E-state index >= 15 is 0 Å². The number of carbonyl (C=O) groups is 2. The number of halogens is 1. The Hall–Kier alpha value is -2.90. The van der Waals surface area contributed by atoms with Gasteiger partial charge in [0.15, 0.2) is 0 Å². The number of fused-ring (bicyclic) bond motifs is 3. The number of hydrogen-bond acceptors (Lipinski definition) is 3. The Morgan fingerprint density at radius 2 is 2.00 bits per heavy atom. The Balaban J connectivity index is 1.24. The number of urea groups is 1. The van der Waals surface area contributed by atoms with E-state index in [1.54, 1.807) is 23.1 Å². The lowest BCUT2D eigenvalue weighted by Gasteiger charge is -2.26. The molecule has 7 nitrogen and oxygen atoms in total. The molecule has 152 valence electrons. The van der Waals surface area contributed by atoms with Crippen LogP contribution in [-0.4, -0.2) is 57.0 Å². The Bertz CT molecular complexity index is 933. The van der Waals surface area contributed by atoms with Crippen LogP contribution in [0.25, 0.3) is 0 Å². The van der Waals surface area contributed by atoms with E-state index in [4.69, 9.17) is 0 Å². The molecule has 3 heterocycles. The largest absolute Gasteiger partial charge is 0.334 e. The number of likely N-dealkylation sites (tertiary alicyclic amines) is 1. The molecule has 1 N–H and O–H groups in total. The van der Waals surface area contributed by atoms with Crippen LogP contribution in [0.1, 0.15) is 35.6 Å². The minimum atomic E-state index is -0.456. The topological polar surface area (TPSA) is 70.5 Å². The summed E-state index contributed by atoms with van der Waals surface area (Å²) in [5, 5.41) is 2.63. The number of carbonyl (C=O) groups excluding carboxylic acids is 2. The first-order valence-corrected chi connectivity index (χ1v) is 10.3. The molecule has 2 aromatic rings. The summed E-state index contributed by atoms with van der Waals surface area (Å²) in [4.78, 5) is 33.6. The number of amides is 3. The summed E-state index contributed by atoms with van der Waals surface area (Å²) >= 11 is 0. The Kier molecular flexibility index (Phi) is 4.49. The third kappa shape index (κ3) is 3.36. The Morgan fingerprint density at radius 1 is 1.14 bits per heavy atom. The van der Waals surface area contributed by atoms with Crippen LogP contribution in [-0.2, 0) is 13.0 Å². The van der Waals surface area contributed by atoms with Crippen molar-refractivity contribution in [2.75, 3.05) is 25.0 Å².